The van der Waals surface area contributed by atoms with Crippen LogP contribution in [0, 0.1) is 13.8 Å². The van der Waals surface area contributed by atoms with Gasteiger partial charge in [0.15, 0.2) is 0 Å². The van der Waals surface area contributed by atoms with Gasteiger partial charge in [-0.3, -0.25) is 0 Å². The summed E-state index contributed by atoms with van der Waals surface area (Å²) in [5.74, 6) is 0.317. The van der Waals surface area contributed by atoms with Gasteiger partial charge in [0.25, 0.3) is 0 Å². The standard InChI is InChI=1S/C18H16O2/c1-9-10(2)12(4)16-15(11(9)3)17(19)13-7-5-6-8-14(13)18(16)20/h5-8,19-20H,3-4H2,1-2H3. The Kier molecular flexibility index (Phi) is 2.51. The predicted molar refractivity (Wildman–Crippen MR) is 84.6 cm³/mol. The predicted octanol–water partition coefficient (Wildman–Crippen LogP) is 2.84. The van der Waals surface area contributed by atoms with Crippen molar-refractivity contribution in [1.29, 1.82) is 0 Å². The molecule has 0 radical (unpaired) electrons. The molecule has 0 saturated heterocycles. The van der Waals surface area contributed by atoms with Crippen LogP contribution in [0.4, 0.5) is 0 Å². The van der Waals surface area contributed by atoms with Gasteiger partial charge < -0.3 is 10.2 Å². The molecule has 0 aliphatic carbocycles. The molecule has 2 N–H and O–H groups in total. The lowest BCUT2D eigenvalue weighted by Crippen LogP contribution is -2.18. The Balaban J connectivity index is 2.83. The van der Waals surface area contributed by atoms with Crippen LogP contribution in [0.5, 0.6) is 11.5 Å². The van der Waals surface area contributed by atoms with E-state index in [9.17, 15) is 10.2 Å². The molecule has 0 aromatic heterocycles. The Morgan fingerprint density at radius 2 is 1.10 bits per heavy atom. The van der Waals surface area contributed by atoms with Gasteiger partial charge in [-0.15, -0.1) is 0 Å². The van der Waals surface area contributed by atoms with Crippen molar-refractivity contribution in [2.24, 2.45) is 0 Å². The highest BCUT2D eigenvalue weighted by Gasteiger charge is 2.16. The highest BCUT2D eigenvalue weighted by molar-refractivity contribution is 6.11. The van der Waals surface area contributed by atoms with Crippen LogP contribution in [-0.4, -0.2) is 10.2 Å². The lowest BCUT2D eigenvalue weighted by atomic mass is 9.93. The van der Waals surface area contributed by atoms with Gasteiger partial charge in [0.05, 0.1) is 0 Å². The fourth-order valence-electron chi connectivity index (χ4n) is 2.82. The normalized spacial score (nSPS) is 11.3. The second kappa shape index (κ2) is 4.01. The molecule has 0 saturated carbocycles. The molecule has 3 rings (SSSR count). The molecular weight excluding hydrogens is 248 g/mol. The van der Waals surface area contributed by atoms with Gasteiger partial charge in [0, 0.05) is 21.5 Å². The van der Waals surface area contributed by atoms with E-state index in [1.165, 1.54) is 0 Å². The van der Waals surface area contributed by atoms with E-state index in [4.69, 9.17) is 0 Å². The number of benzene rings is 3. The second-order valence-corrected chi connectivity index (χ2v) is 5.20. The first-order valence-corrected chi connectivity index (χ1v) is 6.48. The summed E-state index contributed by atoms with van der Waals surface area (Å²) in [6.07, 6.45) is 0. The molecule has 2 nitrogen and oxygen atoms in total. The fourth-order valence-corrected chi connectivity index (χ4v) is 2.82. The van der Waals surface area contributed by atoms with Crippen molar-refractivity contribution in [2.75, 3.05) is 0 Å². The smallest absolute Gasteiger partial charge is 0.132 e. The van der Waals surface area contributed by atoms with E-state index in [1.54, 1.807) is 12.1 Å². The maximum atomic E-state index is 10.6. The summed E-state index contributed by atoms with van der Waals surface area (Å²) in [7, 11) is 0. The zero-order valence-electron chi connectivity index (χ0n) is 11.6. The highest BCUT2D eigenvalue weighted by Crippen LogP contribution is 2.38. The zero-order chi connectivity index (χ0) is 14.6. The van der Waals surface area contributed by atoms with Crippen LogP contribution < -0.4 is 10.4 Å². The first-order valence-electron chi connectivity index (χ1n) is 6.48. The number of aromatic hydroxyl groups is 2. The summed E-state index contributed by atoms with van der Waals surface area (Å²) in [4.78, 5) is 0. The number of rotatable bonds is 0. The summed E-state index contributed by atoms with van der Waals surface area (Å²) in [6.45, 7) is 12.0. The summed E-state index contributed by atoms with van der Waals surface area (Å²) >= 11 is 0. The van der Waals surface area contributed by atoms with Gasteiger partial charge in [-0.2, -0.15) is 0 Å². The van der Waals surface area contributed by atoms with Gasteiger partial charge in [0.2, 0.25) is 0 Å². The molecular formula is C18H16O2. The van der Waals surface area contributed by atoms with Crippen LogP contribution in [0.1, 0.15) is 11.1 Å². The Morgan fingerprint density at radius 3 is 1.45 bits per heavy atom. The van der Waals surface area contributed by atoms with Gasteiger partial charge in [-0.1, -0.05) is 37.4 Å². The molecule has 2 heteroatoms. The summed E-state index contributed by atoms with van der Waals surface area (Å²) in [5, 5.41) is 25.1. The Morgan fingerprint density at radius 1 is 0.750 bits per heavy atom. The van der Waals surface area contributed by atoms with E-state index in [2.05, 4.69) is 13.2 Å². The minimum Gasteiger partial charge on any atom is -0.507 e. The molecule has 0 bridgehead atoms. The van der Waals surface area contributed by atoms with Crippen molar-refractivity contribution in [3.05, 3.63) is 45.8 Å². The van der Waals surface area contributed by atoms with Crippen LogP contribution in [0.25, 0.3) is 34.7 Å². The van der Waals surface area contributed by atoms with E-state index >= 15 is 0 Å². The highest BCUT2D eigenvalue weighted by atomic mass is 16.3. The lowest BCUT2D eigenvalue weighted by molar-refractivity contribution is 0.478. The first-order chi connectivity index (χ1) is 9.45. The second-order valence-electron chi connectivity index (χ2n) is 5.20. The molecule has 0 amide bonds. The average molecular weight is 264 g/mol. The molecule has 0 aliphatic heterocycles. The zero-order valence-corrected chi connectivity index (χ0v) is 11.6. The molecule has 0 aliphatic rings. The quantitative estimate of drug-likeness (QED) is 0.484. The third kappa shape index (κ3) is 1.39. The van der Waals surface area contributed by atoms with Crippen LogP contribution >= 0.6 is 0 Å². The van der Waals surface area contributed by atoms with Crippen molar-refractivity contribution in [3.63, 3.8) is 0 Å². The minimum absolute atomic E-state index is 0.159. The molecule has 0 unspecified atom stereocenters. The van der Waals surface area contributed by atoms with Crippen LogP contribution in [-0.2, 0) is 0 Å². The third-order valence-corrected chi connectivity index (χ3v) is 4.23. The van der Waals surface area contributed by atoms with E-state index in [0.29, 0.717) is 21.5 Å². The number of phenols is 2. The SMILES string of the molecule is C=c1c(C)c(C)c(=C)c2c(O)c3ccccc3c(O)c12. The maximum Gasteiger partial charge on any atom is 0.132 e. The largest absolute Gasteiger partial charge is 0.507 e. The van der Waals surface area contributed by atoms with Gasteiger partial charge >= 0.3 is 0 Å². The Labute approximate surface area is 116 Å². The maximum absolute atomic E-state index is 10.6. The van der Waals surface area contributed by atoms with Gasteiger partial charge in [-0.25, -0.2) is 0 Å². The molecule has 100 valence electrons. The minimum atomic E-state index is 0.159. The lowest BCUT2D eigenvalue weighted by Gasteiger charge is -2.14. The third-order valence-electron chi connectivity index (χ3n) is 4.23. The Bertz CT molecular complexity index is 889. The molecule has 0 fully saturated rings. The molecule has 0 atom stereocenters. The molecule has 20 heavy (non-hydrogen) atoms. The van der Waals surface area contributed by atoms with Crippen molar-refractivity contribution in [2.45, 2.75) is 13.8 Å². The van der Waals surface area contributed by atoms with Crippen molar-refractivity contribution >= 4 is 34.7 Å². The fraction of sp³-hybridized carbons (Fsp3) is 0.111. The van der Waals surface area contributed by atoms with Crippen LogP contribution in [0.2, 0.25) is 0 Å². The van der Waals surface area contributed by atoms with E-state index in [-0.39, 0.29) is 11.5 Å². The summed E-state index contributed by atoms with van der Waals surface area (Å²) < 4.78 is 0. The number of hydrogen-bond acceptors (Lipinski definition) is 2. The van der Waals surface area contributed by atoms with E-state index in [0.717, 1.165) is 21.6 Å². The van der Waals surface area contributed by atoms with Crippen molar-refractivity contribution < 1.29 is 10.2 Å². The number of phenolic OH excluding ortho intramolecular Hbond substituents is 2. The van der Waals surface area contributed by atoms with Gasteiger partial charge in [-0.05, 0) is 35.4 Å². The van der Waals surface area contributed by atoms with E-state index < -0.39 is 0 Å². The topological polar surface area (TPSA) is 40.5 Å². The molecule has 0 spiro atoms. The first kappa shape index (κ1) is 12.5. The summed E-state index contributed by atoms with van der Waals surface area (Å²) in [6, 6.07) is 7.26. The van der Waals surface area contributed by atoms with Crippen molar-refractivity contribution in [3.8, 4) is 11.5 Å². The average Bonchev–Trinajstić information content (AvgIpc) is 2.46. The Hall–Kier alpha value is -2.48. The monoisotopic (exact) mass is 264 g/mol. The molecule has 0 heterocycles. The van der Waals surface area contributed by atoms with Crippen LogP contribution in [0.3, 0.4) is 0 Å². The summed E-state index contributed by atoms with van der Waals surface area (Å²) in [5.41, 5.74) is 1.99. The van der Waals surface area contributed by atoms with Crippen LogP contribution in [0.15, 0.2) is 24.3 Å². The molecule has 3 aromatic rings. The van der Waals surface area contributed by atoms with Crippen molar-refractivity contribution in [1.82, 2.24) is 0 Å². The number of hydrogen-bond donors (Lipinski definition) is 2. The van der Waals surface area contributed by atoms with Gasteiger partial charge in [0.1, 0.15) is 11.5 Å². The number of fused-ring (bicyclic) bond motifs is 2. The molecule has 3 aromatic carbocycles. The van der Waals surface area contributed by atoms with E-state index in [1.807, 2.05) is 26.0 Å².